The number of rotatable bonds is 2. The molecule has 3 N–H and O–H groups in total. The summed E-state index contributed by atoms with van der Waals surface area (Å²) >= 11 is 0. The van der Waals surface area contributed by atoms with Gasteiger partial charge in [0.05, 0.1) is 0 Å². The number of hydrogen-bond acceptors (Lipinski definition) is 5. The van der Waals surface area contributed by atoms with Crippen LogP contribution in [0.5, 0.6) is 0 Å². The molecule has 0 unspecified atom stereocenters. The van der Waals surface area contributed by atoms with Crippen molar-refractivity contribution in [1.82, 2.24) is 9.97 Å². The molecule has 2 heterocycles. The van der Waals surface area contributed by atoms with Gasteiger partial charge in [0, 0.05) is 17.6 Å². The van der Waals surface area contributed by atoms with Crippen LogP contribution < -0.4 is 16.2 Å². The molecule has 0 aliphatic carbocycles. The van der Waals surface area contributed by atoms with Crippen molar-refractivity contribution in [3.63, 3.8) is 0 Å². The first-order chi connectivity index (χ1) is 7.95. The average molecular weight is 235 g/mol. The van der Waals surface area contributed by atoms with Gasteiger partial charge in [-0.3, -0.25) is 0 Å². The zero-order chi connectivity index (χ0) is 12.6. The lowest BCUT2D eigenvalue weighted by Crippen LogP contribution is -2.39. The quantitative estimate of drug-likeness (QED) is 0.604. The molecule has 0 aromatic carbocycles. The second-order valence-corrected chi connectivity index (χ2v) is 5.28. The van der Waals surface area contributed by atoms with E-state index in [1.807, 2.05) is 13.8 Å². The third-order valence-electron chi connectivity index (χ3n) is 3.53. The van der Waals surface area contributed by atoms with Crippen molar-refractivity contribution in [2.75, 3.05) is 16.9 Å². The lowest BCUT2D eigenvalue weighted by Gasteiger charge is -2.34. The van der Waals surface area contributed by atoms with Gasteiger partial charge in [0.25, 0.3) is 0 Å². The van der Waals surface area contributed by atoms with Crippen LogP contribution in [0.25, 0.3) is 0 Å². The number of hydrogen-bond donors (Lipinski definition) is 2. The zero-order valence-electron chi connectivity index (χ0n) is 11.0. The molecule has 1 aliphatic rings. The van der Waals surface area contributed by atoms with Crippen molar-refractivity contribution in [3.8, 4) is 0 Å². The van der Waals surface area contributed by atoms with E-state index in [2.05, 4.69) is 34.1 Å². The predicted octanol–water partition coefficient (Wildman–Crippen LogP) is 1.76. The Morgan fingerprint density at radius 3 is 2.53 bits per heavy atom. The number of aromatic nitrogens is 2. The summed E-state index contributed by atoms with van der Waals surface area (Å²) in [6.07, 6.45) is 2.40. The third-order valence-corrected chi connectivity index (χ3v) is 3.53. The molecular formula is C12H21N5. The van der Waals surface area contributed by atoms with Crippen LogP contribution in [0.15, 0.2) is 0 Å². The molecule has 1 fully saturated rings. The summed E-state index contributed by atoms with van der Waals surface area (Å²) in [7, 11) is 0. The van der Waals surface area contributed by atoms with E-state index >= 15 is 0 Å². The summed E-state index contributed by atoms with van der Waals surface area (Å²) in [6, 6.07) is 0. The van der Waals surface area contributed by atoms with E-state index in [0.717, 1.165) is 29.6 Å². The van der Waals surface area contributed by atoms with Crippen LogP contribution in [-0.4, -0.2) is 22.1 Å². The van der Waals surface area contributed by atoms with Crippen LogP contribution in [0.4, 0.5) is 11.6 Å². The van der Waals surface area contributed by atoms with E-state index in [1.54, 1.807) is 0 Å². The van der Waals surface area contributed by atoms with Crippen LogP contribution in [0.2, 0.25) is 0 Å². The highest BCUT2D eigenvalue weighted by atomic mass is 15.3. The summed E-state index contributed by atoms with van der Waals surface area (Å²) in [4.78, 5) is 11.2. The van der Waals surface area contributed by atoms with Crippen molar-refractivity contribution in [1.29, 1.82) is 0 Å². The number of nitrogens with one attached hydrogen (secondary N) is 1. The van der Waals surface area contributed by atoms with Gasteiger partial charge in [-0.15, -0.1) is 0 Å². The maximum Gasteiger partial charge on any atom is 0.148 e. The number of hydrazine groups is 1. The van der Waals surface area contributed by atoms with E-state index in [0.29, 0.717) is 0 Å². The Balaban J connectivity index is 2.48. The van der Waals surface area contributed by atoms with Gasteiger partial charge in [0.15, 0.2) is 0 Å². The van der Waals surface area contributed by atoms with E-state index in [4.69, 9.17) is 5.84 Å². The lowest BCUT2D eigenvalue weighted by atomic mass is 10.0. The second kappa shape index (κ2) is 4.14. The van der Waals surface area contributed by atoms with Crippen molar-refractivity contribution < 1.29 is 0 Å². The van der Waals surface area contributed by atoms with E-state index in [9.17, 15) is 0 Å². The fourth-order valence-electron chi connectivity index (χ4n) is 2.52. The van der Waals surface area contributed by atoms with E-state index < -0.39 is 0 Å². The van der Waals surface area contributed by atoms with Crippen LogP contribution in [0.3, 0.4) is 0 Å². The SMILES string of the molecule is Cc1nc(NN)c(C)c(N2CCCC2(C)C)n1. The van der Waals surface area contributed by atoms with Crippen molar-refractivity contribution in [2.24, 2.45) is 5.84 Å². The molecule has 5 nitrogen and oxygen atoms in total. The highest BCUT2D eigenvalue weighted by Gasteiger charge is 2.34. The molecule has 1 aromatic heterocycles. The maximum atomic E-state index is 5.50. The molecular weight excluding hydrogens is 214 g/mol. The molecule has 0 radical (unpaired) electrons. The Bertz CT molecular complexity index is 427. The van der Waals surface area contributed by atoms with Crippen LogP contribution in [0.1, 0.15) is 38.1 Å². The summed E-state index contributed by atoms with van der Waals surface area (Å²) in [5.74, 6) is 7.97. The first kappa shape index (κ1) is 12.1. The minimum atomic E-state index is 0.164. The molecule has 0 saturated carbocycles. The Kier molecular flexibility index (Phi) is 2.95. The van der Waals surface area contributed by atoms with Gasteiger partial charge in [-0.25, -0.2) is 15.8 Å². The largest absolute Gasteiger partial charge is 0.351 e. The normalized spacial score (nSPS) is 18.5. The molecule has 5 heteroatoms. The number of aryl methyl sites for hydroxylation is 1. The lowest BCUT2D eigenvalue weighted by molar-refractivity contribution is 0.513. The molecule has 1 aromatic rings. The summed E-state index contributed by atoms with van der Waals surface area (Å²) in [5.41, 5.74) is 3.83. The maximum absolute atomic E-state index is 5.50. The Morgan fingerprint density at radius 2 is 2.00 bits per heavy atom. The van der Waals surface area contributed by atoms with Gasteiger partial charge in [-0.2, -0.15) is 0 Å². The summed E-state index contributed by atoms with van der Waals surface area (Å²) in [5, 5.41) is 0. The number of anilines is 2. The fourth-order valence-corrected chi connectivity index (χ4v) is 2.52. The van der Waals surface area contributed by atoms with E-state index in [1.165, 1.54) is 12.8 Å². The van der Waals surface area contributed by atoms with Crippen molar-refractivity contribution in [3.05, 3.63) is 11.4 Å². The standard InChI is InChI=1S/C12H21N5/c1-8-10(16-13)14-9(2)15-11(8)17-7-5-6-12(17,3)4/h5-7,13H2,1-4H3,(H,14,15,16). The molecule has 0 amide bonds. The van der Waals surface area contributed by atoms with Gasteiger partial charge < -0.3 is 10.3 Å². The smallest absolute Gasteiger partial charge is 0.148 e. The molecule has 0 atom stereocenters. The highest BCUT2D eigenvalue weighted by molar-refractivity contribution is 5.59. The van der Waals surface area contributed by atoms with Crippen LogP contribution in [-0.2, 0) is 0 Å². The third kappa shape index (κ3) is 2.07. The first-order valence-electron chi connectivity index (χ1n) is 6.05. The highest BCUT2D eigenvalue weighted by Crippen LogP contribution is 2.35. The molecule has 17 heavy (non-hydrogen) atoms. The zero-order valence-corrected chi connectivity index (χ0v) is 11.0. The molecule has 0 spiro atoms. The Hall–Kier alpha value is -1.36. The van der Waals surface area contributed by atoms with Gasteiger partial charge in [0.2, 0.25) is 0 Å². The topological polar surface area (TPSA) is 67.1 Å². The van der Waals surface area contributed by atoms with Crippen molar-refractivity contribution in [2.45, 2.75) is 46.1 Å². The van der Waals surface area contributed by atoms with E-state index in [-0.39, 0.29) is 5.54 Å². The number of nitrogen functional groups attached to an aromatic ring is 1. The van der Waals surface area contributed by atoms with Gasteiger partial charge in [-0.05, 0) is 40.5 Å². The fraction of sp³-hybridized carbons (Fsp3) is 0.667. The second-order valence-electron chi connectivity index (χ2n) is 5.28. The van der Waals surface area contributed by atoms with Crippen LogP contribution >= 0.6 is 0 Å². The number of nitrogens with two attached hydrogens (primary N) is 1. The number of nitrogens with zero attached hydrogens (tertiary/aromatic N) is 3. The van der Waals surface area contributed by atoms with Gasteiger partial charge in [0.1, 0.15) is 17.5 Å². The molecule has 1 aliphatic heterocycles. The average Bonchev–Trinajstić information content (AvgIpc) is 2.61. The monoisotopic (exact) mass is 235 g/mol. The summed E-state index contributed by atoms with van der Waals surface area (Å²) < 4.78 is 0. The minimum absolute atomic E-state index is 0.164. The molecule has 94 valence electrons. The molecule has 0 bridgehead atoms. The van der Waals surface area contributed by atoms with Crippen molar-refractivity contribution >= 4 is 11.6 Å². The van der Waals surface area contributed by atoms with Crippen LogP contribution in [0, 0.1) is 13.8 Å². The van der Waals surface area contributed by atoms with Gasteiger partial charge in [-0.1, -0.05) is 0 Å². The molecule has 1 saturated heterocycles. The minimum Gasteiger partial charge on any atom is -0.351 e. The first-order valence-corrected chi connectivity index (χ1v) is 6.05. The Morgan fingerprint density at radius 1 is 1.29 bits per heavy atom. The van der Waals surface area contributed by atoms with Gasteiger partial charge >= 0.3 is 0 Å². The Labute approximate surface area is 102 Å². The summed E-state index contributed by atoms with van der Waals surface area (Å²) in [6.45, 7) is 9.47. The molecule has 2 rings (SSSR count). The predicted molar refractivity (Wildman–Crippen MR) is 70.0 cm³/mol.